The molecule has 1 saturated heterocycles. The van der Waals surface area contributed by atoms with Crippen LogP contribution in [0.4, 0.5) is 33.2 Å². The van der Waals surface area contributed by atoms with Crippen LogP contribution in [0.2, 0.25) is 0 Å². The molecule has 2 aromatic heterocycles. The minimum atomic E-state index is -0.475. The summed E-state index contributed by atoms with van der Waals surface area (Å²) in [5.74, 6) is -0.0347. The van der Waals surface area contributed by atoms with Crippen LogP contribution in [0.5, 0.6) is 0 Å². The molecule has 10 heteroatoms. The van der Waals surface area contributed by atoms with Gasteiger partial charge < -0.3 is 20.7 Å². The van der Waals surface area contributed by atoms with E-state index in [0.29, 0.717) is 37.7 Å². The number of ether oxygens (including phenoxy) is 1. The van der Waals surface area contributed by atoms with Gasteiger partial charge in [0.1, 0.15) is 0 Å². The number of nitrogen functional groups attached to an aromatic ring is 1. The fourth-order valence-corrected chi connectivity index (χ4v) is 3.05. The summed E-state index contributed by atoms with van der Waals surface area (Å²) in [5, 5.41) is 7.40. The fraction of sp³-hybridized carbons (Fsp3) is 0.238. The van der Waals surface area contributed by atoms with Gasteiger partial charge in [-0.05, 0) is 36.8 Å². The zero-order chi connectivity index (χ0) is 21.6. The highest BCUT2D eigenvalue weighted by atomic mass is 19.1. The molecule has 31 heavy (non-hydrogen) atoms. The number of pyridine rings is 1. The van der Waals surface area contributed by atoms with Crippen LogP contribution in [0.25, 0.3) is 0 Å². The summed E-state index contributed by atoms with van der Waals surface area (Å²) in [6.45, 7) is 4.24. The highest BCUT2D eigenvalue weighted by Crippen LogP contribution is 2.22. The number of benzene rings is 1. The molecule has 1 aliphatic heterocycles. The van der Waals surface area contributed by atoms with Crippen LogP contribution in [0, 0.1) is 12.7 Å². The monoisotopic (exact) mass is 422 g/mol. The van der Waals surface area contributed by atoms with Crippen LogP contribution >= 0.6 is 0 Å². The minimum absolute atomic E-state index is 0.203. The van der Waals surface area contributed by atoms with E-state index in [1.807, 2.05) is 42.2 Å². The second kappa shape index (κ2) is 9.35. The van der Waals surface area contributed by atoms with Gasteiger partial charge in [0.2, 0.25) is 5.95 Å². The van der Waals surface area contributed by atoms with E-state index in [-0.39, 0.29) is 11.8 Å². The number of rotatable bonds is 6. The van der Waals surface area contributed by atoms with Crippen LogP contribution in [0.3, 0.4) is 0 Å². The van der Waals surface area contributed by atoms with Crippen LogP contribution in [0.1, 0.15) is 11.3 Å². The minimum Gasteiger partial charge on any atom is -0.399 e. The predicted octanol–water partition coefficient (Wildman–Crippen LogP) is 2.93. The molecule has 3 heterocycles. The zero-order valence-electron chi connectivity index (χ0n) is 17.0. The Morgan fingerprint density at radius 3 is 2.77 bits per heavy atom. The number of morpholine rings is 1. The van der Waals surface area contributed by atoms with Gasteiger partial charge in [-0.15, -0.1) is 0 Å². The number of nitrogens with one attached hydrogen (secondary N) is 2. The van der Waals surface area contributed by atoms with Crippen molar-refractivity contribution in [3.05, 3.63) is 59.8 Å². The molecule has 4 rings (SSSR count). The average molecular weight is 422 g/mol. The number of hydrazone groups is 1. The van der Waals surface area contributed by atoms with E-state index in [1.165, 1.54) is 6.21 Å². The number of nitrogens with two attached hydrogens (primary N) is 1. The first-order valence-electron chi connectivity index (χ1n) is 9.82. The number of aryl methyl sites for hydroxylation is 1. The Balaban J connectivity index is 1.38. The van der Waals surface area contributed by atoms with Crippen molar-refractivity contribution >= 4 is 35.0 Å². The Labute approximate surface area is 179 Å². The first-order chi connectivity index (χ1) is 15.1. The molecule has 0 saturated carbocycles. The maximum absolute atomic E-state index is 14.1. The normalized spacial score (nSPS) is 14.1. The summed E-state index contributed by atoms with van der Waals surface area (Å²) in [6.07, 6.45) is 4.37. The SMILES string of the molecule is Cc1ccc(N)cc1Nc1ccc(/C=N/Nc2ncc(F)c(N3CCOCC3)n2)nc1. The summed E-state index contributed by atoms with van der Waals surface area (Å²) < 4.78 is 19.4. The molecule has 0 bridgehead atoms. The van der Waals surface area contributed by atoms with Gasteiger partial charge in [-0.2, -0.15) is 10.1 Å². The maximum Gasteiger partial charge on any atom is 0.245 e. The molecule has 3 aromatic rings. The standard InChI is InChI=1S/C21H23FN8O/c1-14-2-3-15(23)10-19(14)27-17-5-4-16(24-11-17)12-26-29-21-25-13-18(22)20(28-21)30-6-8-31-9-7-30/h2-5,10-13,27H,6-9,23H2,1H3,(H,25,28,29)/b26-12+. The van der Waals surface area contributed by atoms with Gasteiger partial charge in [0.25, 0.3) is 0 Å². The van der Waals surface area contributed by atoms with Gasteiger partial charge in [0, 0.05) is 24.5 Å². The van der Waals surface area contributed by atoms with E-state index in [4.69, 9.17) is 10.5 Å². The van der Waals surface area contributed by atoms with Crippen molar-refractivity contribution in [1.29, 1.82) is 0 Å². The Kier molecular flexibility index (Phi) is 6.18. The quantitative estimate of drug-likeness (QED) is 0.316. The molecule has 0 aliphatic carbocycles. The Morgan fingerprint density at radius 1 is 1.16 bits per heavy atom. The third-order valence-electron chi connectivity index (χ3n) is 4.72. The molecular weight excluding hydrogens is 399 g/mol. The Hall–Kier alpha value is -3.79. The lowest BCUT2D eigenvalue weighted by Gasteiger charge is -2.27. The molecule has 0 amide bonds. The van der Waals surface area contributed by atoms with Crippen molar-refractivity contribution in [3.63, 3.8) is 0 Å². The lowest BCUT2D eigenvalue weighted by molar-refractivity contribution is 0.122. The topological polar surface area (TPSA) is 114 Å². The molecular formula is C21H23FN8O. The number of hydrogen-bond acceptors (Lipinski definition) is 9. The van der Waals surface area contributed by atoms with Crippen molar-refractivity contribution in [2.24, 2.45) is 5.10 Å². The molecule has 9 nitrogen and oxygen atoms in total. The van der Waals surface area contributed by atoms with Crippen molar-refractivity contribution in [2.75, 3.05) is 47.7 Å². The first-order valence-corrected chi connectivity index (χ1v) is 9.82. The number of nitrogens with zero attached hydrogens (tertiary/aromatic N) is 5. The first kappa shape index (κ1) is 20.5. The summed E-state index contributed by atoms with van der Waals surface area (Å²) >= 11 is 0. The van der Waals surface area contributed by atoms with Gasteiger partial charge in [0.05, 0.1) is 43.2 Å². The molecule has 0 unspecified atom stereocenters. The summed E-state index contributed by atoms with van der Waals surface area (Å²) in [6, 6.07) is 9.41. The van der Waals surface area contributed by atoms with E-state index >= 15 is 0 Å². The highest BCUT2D eigenvalue weighted by molar-refractivity contribution is 5.78. The number of hydrogen-bond donors (Lipinski definition) is 3. The van der Waals surface area contributed by atoms with Crippen LogP contribution in [-0.4, -0.2) is 47.5 Å². The summed E-state index contributed by atoms with van der Waals surface area (Å²) in [5.41, 5.74) is 12.7. The number of anilines is 5. The van der Waals surface area contributed by atoms with Crippen molar-refractivity contribution in [1.82, 2.24) is 15.0 Å². The average Bonchev–Trinajstić information content (AvgIpc) is 2.79. The predicted molar refractivity (Wildman–Crippen MR) is 119 cm³/mol. The second-order valence-corrected chi connectivity index (χ2v) is 7.01. The second-order valence-electron chi connectivity index (χ2n) is 7.01. The maximum atomic E-state index is 14.1. The van der Waals surface area contributed by atoms with Crippen LogP contribution < -0.4 is 21.4 Å². The number of halogens is 1. The van der Waals surface area contributed by atoms with Gasteiger partial charge in [-0.1, -0.05) is 6.07 Å². The fourth-order valence-electron chi connectivity index (χ4n) is 3.05. The van der Waals surface area contributed by atoms with E-state index in [1.54, 1.807) is 6.20 Å². The smallest absolute Gasteiger partial charge is 0.245 e. The Bertz CT molecular complexity index is 1070. The van der Waals surface area contributed by atoms with Gasteiger partial charge in [-0.25, -0.2) is 14.8 Å². The van der Waals surface area contributed by atoms with Gasteiger partial charge in [0.15, 0.2) is 11.6 Å². The van der Waals surface area contributed by atoms with E-state index < -0.39 is 5.82 Å². The largest absolute Gasteiger partial charge is 0.399 e. The molecule has 0 spiro atoms. The summed E-state index contributed by atoms with van der Waals surface area (Å²) in [4.78, 5) is 14.3. The molecule has 1 aromatic carbocycles. The summed E-state index contributed by atoms with van der Waals surface area (Å²) in [7, 11) is 0. The Morgan fingerprint density at radius 2 is 2.00 bits per heavy atom. The zero-order valence-corrected chi connectivity index (χ0v) is 17.0. The highest BCUT2D eigenvalue weighted by Gasteiger charge is 2.17. The van der Waals surface area contributed by atoms with Crippen molar-refractivity contribution in [3.8, 4) is 0 Å². The lowest BCUT2D eigenvalue weighted by Crippen LogP contribution is -2.37. The molecule has 1 aliphatic rings. The van der Waals surface area contributed by atoms with Crippen molar-refractivity contribution in [2.45, 2.75) is 6.92 Å². The molecule has 1 fully saturated rings. The molecule has 160 valence electrons. The van der Waals surface area contributed by atoms with Gasteiger partial charge >= 0.3 is 0 Å². The third-order valence-corrected chi connectivity index (χ3v) is 4.72. The molecule has 0 atom stereocenters. The van der Waals surface area contributed by atoms with E-state index in [0.717, 1.165) is 23.1 Å². The van der Waals surface area contributed by atoms with E-state index in [9.17, 15) is 4.39 Å². The van der Waals surface area contributed by atoms with Crippen LogP contribution in [0.15, 0.2) is 47.8 Å². The van der Waals surface area contributed by atoms with Crippen LogP contribution in [-0.2, 0) is 4.74 Å². The van der Waals surface area contributed by atoms with Gasteiger partial charge in [-0.3, -0.25) is 4.98 Å². The number of aromatic nitrogens is 3. The third kappa shape index (κ3) is 5.23. The molecule has 0 radical (unpaired) electrons. The molecule has 4 N–H and O–H groups in total. The van der Waals surface area contributed by atoms with E-state index in [2.05, 4.69) is 30.8 Å². The lowest BCUT2D eigenvalue weighted by atomic mass is 10.2. The van der Waals surface area contributed by atoms with Crippen molar-refractivity contribution < 1.29 is 9.13 Å².